The van der Waals surface area contributed by atoms with E-state index in [0.29, 0.717) is 22.9 Å². The minimum atomic E-state index is 0.530. The van der Waals surface area contributed by atoms with Gasteiger partial charge in [0.25, 0.3) is 0 Å². The van der Waals surface area contributed by atoms with Gasteiger partial charge in [0.1, 0.15) is 11.8 Å². The van der Waals surface area contributed by atoms with Crippen LogP contribution >= 0.6 is 27.5 Å². The lowest BCUT2D eigenvalue weighted by atomic mass is 10.1. The monoisotopic (exact) mass is 350 g/mol. The summed E-state index contributed by atoms with van der Waals surface area (Å²) in [6, 6.07) is 13.3. The SMILES string of the molecule is COc1cc(CNc2ccc(Br)c(Cl)c2)ccc1C#N. The van der Waals surface area contributed by atoms with Gasteiger partial charge in [-0.15, -0.1) is 0 Å². The number of benzene rings is 2. The van der Waals surface area contributed by atoms with Crippen LogP contribution in [0.15, 0.2) is 40.9 Å². The molecule has 1 N–H and O–H groups in total. The molecule has 3 nitrogen and oxygen atoms in total. The number of hydrogen-bond donors (Lipinski definition) is 1. The number of halogens is 2. The van der Waals surface area contributed by atoms with Crippen molar-refractivity contribution < 1.29 is 4.74 Å². The lowest BCUT2D eigenvalue weighted by Gasteiger charge is -2.09. The second-order valence-corrected chi connectivity index (χ2v) is 5.39. The molecule has 0 amide bonds. The van der Waals surface area contributed by atoms with Crippen molar-refractivity contribution in [3.05, 3.63) is 57.0 Å². The lowest BCUT2D eigenvalue weighted by Crippen LogP contribution is -2.00. The van der Waals surface area contributed by atoms with Gasteiger partial charge in [0.15, 0.2) is 0 Å². The molecule has 20 heavy (non-hydrogen) atoms. The first-order chi connectivity index (χ1) is 9.63. The van der Waals surface area contributed by atoms with Gasteiger partial charge in [0.05, 0.1) is 17.7 Å². The van der Waals surface area contributed by atoms with Crippen molar-refractivity contribution in [1.82, 2.24) is 0 Å². The van der Waals surface area contributed by atoms with E-state index in [9.17, 15) is 0 Å². The molecule has 0 radical (unpaired) electrons. The van der Waals surface area contributed by atoms with Crippen LogP contribution in [0.1, 0.15) is 11.1 Å². The zero-order valence-electron chi connectivity index (χ0n) is 10.8. The van der Waals surface area contributed by atoms with Crippen LogP contribution < -0.4 is 10.1 Å². The van der Waals surface area contributed by atoms with Crippen LogP contribution in [-0.4, -0.2) is 7.11 Å². The second kappa shape index (κ2) is 6.65. The van der Waals surface area contributed by atoms with E-state index in [1.54, 1.807) is 13.2 Å². The maximum Gasteiger partial charge on any atom is 0.136 e. The number of ether oxygens (including phenoxy) is 1. The first kappa shape index (κ1) is 14.7. The number of nitrogens with one attached hydrogen (secondary N) is 1. The predicted octanol–water partition coefficient (Wildman–Crippen LogP) is 4.59. The van der Waals surface area contributed by atoms with Crippen molar-refractivity contribution >= 4 is 33.2 Å². The largest absolute Gasteiger partial charge is 0.495 e. The molecule has 2 rings (SSSR count). The highest BCUT2D eigenvalue weighted by atomic mass is 79.9. The third-order valence-corrected chi connectivity index (χ3v) is 4.04. The van der Waals surface area contributed by atoms with E-state index < -0.39 is 0 Å². The van der Waals surface area contributed by atoms with Crippen molar-refractivity contribution in [2.75, 3.05) is 12.4 Å². The van der Waals surface area contributed by atoms with E-state index in [-0.39, 0.29) is 0 Å². The first-order valence-corrected chi connectivity index (χ1v) is 7.07. The third-order valence-electron chi connectivity index (χ3n) is 2.80. The topological polar surface area (TPSA) is 45.0 Å². The van der Waals surface area contributed by atoms with E-state index in [0.717, 1.165) is 15.7 Å². The second-order valence-electron chi connectivity index (χ2n) is 4.13. The molecule has 0 saturated carbocycles. The molecule has 0 fully saturated rings. The van der Waals surface area contributed by atoms with Crippen molar-refractivity contribution in [2.45, 2.75) is 6.54 Å². The minimum Gasteiger partial charge on any atom is -0.495 e. The van der Waals surface area contributed by atoms with E-state index >= 15 is 0 Å². The van der Waals surface area contributed by atoms with Crippen molar-refractivity contribution in [2.24, 2.45) is 0 Å². The summed E-state index contributed by atoms with van der Waals surface area (Å²) in [4.78, 5) is 0. The van der Waals surface area contributed by atoms with Gasteiger partial charge < -0.3 is 10.1 Å². The molecule has 0 aliphatic carbocycles. The van der Waals surface area contributed by atoms with Gasteiger partial charge in [-0.2, -0.15) is 5.26 Å². The van der Waals surface area contributed by atoms with Gasteiger partial charge in [-0.1, -0.05) is 17.7 Å². The Morgan fingerprint density at radius 3 is 2.75 bits per heavy atom. The number of rotatable bonds is 4. The summed E-state index contributed by atoms with van der Waals surface area (Å²) < 4.78 is 6.05. The van der Waals surface area contributed by atoms with Crippen LogP contribution in [0, 0.1) is 11.3 Å². The molecule has 0 spiro atoms. The van der Waals surface area contributed by atoms with Crippen LogP contribution in [0.25, 0.3) is 0 Å². The lowest BCUT2D eigenvalue weighted by molar-refractivity contribution is 0.413. The molecule has 102 valence electrons. The molecule has 0 saturated heterocycles. The summed E-state index contributed by atoms with van der Waals surface area (Å²) in [6.45, 7) is 0.625. The summed E-state index contributed by atoms with van der Waals surface area (Å²) in [6.07, 6.45) is 0. The highest BCUT2D eigenvalue weighted by Gasteiger charge is 2.04. The van der Waals surface area contributed by atoms with E-state index in [1.165, 1.54) is 0 Å². The Balaban J connectivity index is 2.11. The highest BCUT2D eigenvalue weighted by molar-refractivity contribution is 9.10. The quantitative estimate of drug-likeness (QED) is 0.876. The maximum absolute atomic E-state index is 8.94. The molecule has 0 aliphatic heterocycles. The summed E-state index contributed by atoms with van der Waals surface area (Å²) in [5.74, 6) is 0.584. The fourth-order valence-electron chi connectivity index (χ4n) is 1.75. The van der Waals surface area contributed by atoms with Gasteiger partial charge in [-0.3, -0.25) is 0 Å². The zero-order chi connectivity index (χ0) is 14.5. The average molecular weight is 352 g/mol. The van der Waals surface area contributed by atoms with Crippen LogP contribution in [0.3, 0.4) is 0 Å². The number of nitriles is 1. The minimum absolute atomic E-state index is 0.530. The van der Waals surface area contributed by atoms with Crippen LogP contribution in [0.5, 0.6) is 5.75 Å². The fraction of sp³-hybridized carbons (Fsp3) is 0.133. The molecular formula is C15H12BrClN2O. The molecule has 0 bridgehead atoms. The Kier molecular flexibility index (Phi) is 4.89. The normalized spacial score (nSPS) is 9.90. The van der Waals surface area contributed by atoms with Gasteiger partial charge in [-0.25, -0.2) is 0 Å². The Morgan fingerprint density at radius 1 is 1.30 bits per heavy atom. The van der Waals surface area contributed by atoms with Crippen molar-refractivity contribution in [3.63, 3.8) is 0 Å². The molecule has 0 atom stereocenters. The van der Waals surface area contributed by atoms with E-state index in [2.05, 4.69) is 27.3 Å². The molecule has 0 aliphatic rings. The van der Waals surface area contributed by atoms with Crippen LogP contribution in [-0.2, 0) is 6.54 Å². The Labute approximate surface area is 131 Å². The Bertz CT molecular complexity index is 667. The smallest absolute Gasteiger partial charge is 0.136 e. The summed E-state index contributed by atoms with van der Waals surface area (Å²) in [5.41, 5.74) is 2.49. The molecule has 0 unspecified atom stereocenters. The predicted molar refractivity (Wildman–Crippen MR) is 84.2 cm³/mol. The summed E-state index contributed by atoms with van der Waals surface area (Å²) in [5, 5.41) is 12.9. The summed E-state index contributed by atoms with van der Waals surface area (Å²) >= 11 is 9.39. The Hall–Kier alpha value is -1.70. The number of methoxy groups -OCH3 is 1. The number of nitrogens with zero attached hydrogens (tertiary/aromatic N) is 1. The molecule has 0 aromatic heterocycles. The molecular weight excluding hydrogens is 340 g/mol. The van der Waals surface area contributed by atoms with Crippen molar-refractivity contribution in [3.8, 4) is 11.8 Å². The molecule has 2 aromatic carbocycles. The molecule has 2 aromatic rings. The highest BCUT2D eigenvalue weighted by Crippen LogP contribution is 2.26. The first-order valence-electron chi connectivity index (χ1n) is 5.90. The van der Waals surface area contributed by atoms with E-state index in [4.69, 9.17) is 21.6 Å². The van der Waals surface area contributed by atoms with Crippen LogP contribution in [0.2, 0.25) is 5.02 Å². The fourth-order valence-corrected chi connectivity index (χ4v) is 2.18. The van der Waals surface area contributed by atoms with Gasteiger partial charge in [0, 0.05) is 16.7 Å². The van der Waals surface area contributed by atoms with Gasteiger partial charge in [-0.05, 0) is 51.8 Å². The third kappa shape index (κ3) is 3.44. The van der Waals surface area contributed by atoms with Gasteiger partial charge in [0.2, 0.25) is 0 Å². The van der Waals surface area contributed by atoms with E-state index in [1.807, 2.05) is 30.3 Å². The average Bonchev–Trinajstić information content (AvgIpc) is 2.48. The number of anilines is 1. The zero-order valence-corrected chi connectivity index (χ0v) is 13.1. The Morgan fingerprint density at radius 2 is 2.10 bits per heavy atom. The van der Waals surface area contributed by atoms with Crippen LogP contribution in [0.4, 0.5) is 5.69 Å². The maximum atomic E-state index is 8.94. The standard InChI is InChI=1S/C15H12BrClN2O/c1-20-15-6-10(2-3-11(15)8-18)9-19-12-4-5-13(16)14(17)7-12/h2-7,19H,9H2,1H3. The summed E-state index contributed by atoms with van der Waals surface area (Å²) in [7, 11) is 1.56. The molecule has 0 heterocycles. The number of hydrogen-bond acceptors (Lipinski definition) is 3. The molecule has 5 heteroatoms. The van der Waals surface area contributed by atoms with Crippen molar-refractivity contribution in [1.29, 1.82) is 5.26 Å². The van der Waals surface area contributed by atoms with Gasteiger partial charge >= 0.3 is 0 Å².